The molecule has 0 aromatic heterocycles. The smallest absolute Gasteiger partial charge is 0.275 e. The average molecular weight is 453 g/mol. The van der Waals surface area contributed by atoms with Crippen molar-refractivity contribution in [3.05, 3.63) is 35.5 Å². The first-order chi connectivity index (χ1) is 14.8. The predicted octanol–water partition coefficient (Wildman–Crippen LogP) is 5.95. The highest BCUT2D eigenvalue weighted by Crippen LogP contribution is 2.60. The Kier molecular flexibility index (Phi) is 7.44. The number of hydrogen-bond donors (Lipinski definition) is 3. The molecular weight excluding hydrogens is 410 g/mol. The first kappa shape index (κ1) is 25.6. The number of allylic oxidation sites excluding steroid dienone is 3. The molecule has 0 radical (unpaired) electrons. The standard InChI is InChI=1S/C27H42F2O3/c1-17(12-14-27(28,29)25(3,4)32)22-10-11-23-19(7-6-13-26(22,23)5)8-9-20-15-21(30)16-24(31)18(20)2/h8-9,17,21-24,30-32H,2,6-7,10-16H2,1,3-5H3/b19-8+,20-9-/t17-,21-,22-,23?,24+,26-/m1/s1. The molecule has 3 aliphatic rings. The normalized spacial score (nSPS) is 37.7. The summed E-state index contributed by atoms with van der Waals surface area (Å²) in [7, 11) is 0. The number of fused-ring (bicyclic) bond motifs is 1. The molecule has 3 aliphatic carbocycles. The molecule has 3 rings (SSSR count). The van der Waals surface area contributed by atoms with Gasteiger partial charge in [0.15, 0.2) is 0 Å². The first-order valence-corrected chi connectivity index (χ1v) is 12.3. The molecule has 0 heterocycles. The number of rotatable bonds is 6. The van der Waals surface area contributed by atoms with Gasteiger partial charge in [-0.3, -0.25) is 0 Å². The van der Waals surface area contributed by atoms with Crippen LogP contribution in [0.5, 0.6) is 0 Å². The highest BCUT2D eigenvalue weighted by molar-refractivity contribution is 5.38. The van der Waals surface area contributed by atoms with Crippen molar-refractivity contribution in [2.75, 3.05) is 0 Å². The Morgan fingerprint density at radius 1 is 1.22 bits per heavy atom. The van der Waals surface area contributed by atoms with Crippen LogP contribution in [-0.4, -0.2) is 39.1 Å². The van der Waals surface area contributed by atoms with E-state index >= 15 is 0 Å². The quantitative estimate of drug-likeness (QED) is 0.467. The molecule has 1 unspecified atom stereocenters. The van der Waals surface area contributed by atoms with Gasteiger partial charge < -0.3 is 15.3 Å². The summed E-state index contributed by atoms with van der Waals surface area (Å²) in [4.78, 5) is 0. The van der Waals surface area contributed by atoms with Crippen molar-refractivity contribution in [2.45, 2.75) is 109 Å². The average Bonchev–Trinajstić information content (AvgIpc) is 3.04. The summed E-state index contributed by atoms with van der Waals surface area (Å²) in [5.74, 6) is -2.06. The summed E-state index contributed by atoms with van der Waals surface area (Å²) in [5.41, 5.74) is 1.15. The van der Waals surface area contributed by atoms with Crippen molar-refractivity contribution in [1.29, 1.82) is 0 Å². The van der Waals surface area contributed by atoms with Gasteiger partial charge in [0, 0.05) is 12.8 Å². The Hall–Kier alpha value is -1.04. The van der Waals surface area contributed by atoms with Crippen LogP contribution in [0, 0.1) is 23.2 Å². The zero-order valence-electron chi connectivity index (χ0n) is 20.2. The molecule has 3 saturated carbocycles. The largest absolute Gasteiger partial charge is 0.393 e. The third kappa shape index (κ3) is 5.05. The number of alkyl halides is 2. The lowest BCUT2D eigenvalue weighted by Crippen LogP contribution is -2.43. The zero-order chi connectivity index (χ0) is 23.9. The molecule has 3 fully saturated rings. The number of halogens is 2. The Labute approximate surface area is 192 Å². The van der Waals surface area contributed by atoms with Crippen molar-refractivity contribution in [2.24, 2.45) is 23.2 Å². The van der Waals surface area contributed by atoms with E-state index in [0.29, 0.717) is 36.7 Å². The van der Waals surface area contributed by atoms with Crippen LogP contribution >= 0.6 is 0 Å². The van der Waals surface area contributed by atoms with Crippen LogP contribution in [0.15, 0.2) is 35.5 Å². The van der Waals surface area contributed by atoms with Crippen LogP contribution in [0.3, 0.4) is 0 Å². The van der Waals surface area contributed by atoms with Gasteiger partial charge in [-0.05, 0) is 93.1 Å². The molecular formula is C27H42F2O3. The highest BCUT2D eigenvalue weighted by Gasteiger charge is 2.51. The van der Waals surface area contributed by atoms with Gasteiger partial charge in [0.05, 0.1) is 12.2 Å². The van der Waals surface area contributed by atoms with Crippen LogP contribution in [0.1, 0.15) is 85.5 Å². The molecule has 0 spiro atoms. The number of hydrogen-bond acceptors (Lipinski definition) is 3. The van der Waals surface area contributed by atoms with Crippen LogP contribution in [0.4, 0.5) is 8.78 Å². The topological polar surface area (TPSA) is 60.7 Å². The summed E-state index contributed by atoms with van der Waals surface area (Å²) >= 11 is 0. The number of aliphatic hydroxyl groups excluding tert-OH is 2. The SMILES string of the molecule is C=C1/C(=C\C=C2/CCC[C@@]3(C)C2CC[C@@H]3[C@H](C)CCC(F)(F)C(C)(C)O)C[C@@H](O)C[C@@H]1O. The van der Waals surface area contributed by atoms with Gasteiger partial charge in [0.25, 0.3) is 5.92 Å². The number of aliphatic hydroxyl groups is 3. The fourth-order valence-electron chi connectivity index (χ4n) is 6.60. The van der Waals surface area contributed by atoms with E-state index in [-0.39, 0.29) is 17.8 Å². The van der Waals surface area contributed by atoms with Crippen LogP contribution in [-0.2, 0) is 0 Å². The Morgan fingerprint density at radius 2 is 1.91 bits per heavy atom. The van der Waals surface area contributed by atoms with E-state index in [1.807, 2.05) is 6.08 Å². The van der Waals surface area contributed by atoms with Crippen LogP contribution in [0.2, 0.25) is 0 Å². The van der Waals surface area contributed by atoms with E-state index in [1.54, 1.807) is 0 Å². The molecule has 0 bridgehead atoms. The molecule has 0 aromatic carbocycles. The van der Waals surface area contributed by atoms with Gasteiger partial charge in [0.1, 0.15) is 5.60 Å². The first-order valence-electron chi connectivity index (χ1n) is 12.3. The lowest BCUT2D eigenvalue weighted by atomic mass is 9.60. The van der Waals surface area contributed by atoms with Crippen LogP contribution in [0.25, 0.3) is 0 Å². The fraction of sp³-hybridized carbons (Fsp3) is 0.778. The van der Waals surface area contributed by atoms with E-state index in [1.165, 1.54) is 19.4 Å². The molecule has 0 amide bonds. The molecule has 0 saturated heterocycles. The summed E-state index contributed by atoms with van der Waals surface area (Å²) in [6, 6.07) is 0. The second-order valence-electron chi connectivity index (χ2n) is 11.4. The minimum Gasteiger partial charge on any atom is -0.393 e. The van der Waals surface area contributed by atoms with Gasteiger partial charge in [-0.15, -0.1) is 0 Å². The van der Waals surface area contributed by atoms with E-state index in [0.717, 1.165) is 37.7 Å². The maximum atomic E-state index is 14.3. The van der Waals surface area contributed by atoms with E-state index in [4.69, 9.17) is 0 Å². The summed E-state index contributed by atoms with van der Waals surface area (Å²) < 4.78 is 28.6. The second-order valence-corrected chi connectivity index (χ2v) is 11.4. The van der Waals surface area contributed by atoms with Gasteiger partial charge in [-0.1, -0.05) is 38.2 Å². The van der Waals surface area contributed by atoms with Gasteiger partial charge in [-0.25, -0.2) is 8.78 Å². The molecule has 182 valence electrons. The Morgan fingerprint density at radius 3 is 2.56 bits per heavy atom. The Balaban J connectivity index is 1.73. The monoisotopic (exact) mass is 452 g/mol. The summed E-state index contributed by atoms with van der Waals surface area (Å²) in [6.45, 7) is 10.8. The summed E-state index contributed by atoms with van der Waals surface area (Å²) in [5, 5.41) is 29.9. The molecule has 32 heavy (non-hydrogen) atoms. The maximum Gasteiger partial charge on any atom is 0.275 e. The minimum atomic E-state index is -3.08. The highest BCUT2D eigenvalue weighted by atomic mass is 19.3. The molecule has 3 nitrogen and oxygen atoms in total. The van der Waals surface area contributed by atoms with E-state index in [9.17, 15) is 24.1 Å². The van der Waals surface area contributed by atoms with Crippen molar-refractivity contribution in [3.8, 4) is 0 Å². The maximum absolute atomic E-state index is 14.3. The minimum absolute atomic E-state index is 0.106. The fourth-order valence-corrected chi connectivity index (χ4v) is 6.60. The lowest BCUT2D eigenvalue weighted by molar-refractivity contribution is -0.168. The van der Waals surface area contributed by atoms with Gasteiger partial charge >= 0.3 is 0 Å². The van der Waals surface area contributed by atoms with Gasteiger partial charge in [0.2, 0.25) is 0 Å². The van der Waals surface area contributed by atoms with E-state index < -0.39 is 23.7 Å². The molecule has 0 aromatic rings. The predicted molar refractivity (Wildman–Crippen MR) is 124 cm³/mol. The van der Waals surface area contributed by atoms with Crippen molar-refractivity contribution < 1.29 is 24.1 Å². The third-order valence-corrected chi connectivity index (χ3v) is 8.80. The Bertz CT molecular complexity index is 763. The molecule has 6 atom stereocenters. The van der Waals surface area contributed by atoms with Crippen molar-refractivity contribution >= 4 is 0 Å². The summed E-state index contributed by atoms with van der Waals surface area (Å²) in [6.07, 6.45) is 9.40. The van der Waals surface area contributed by atoms with Crippen LogP contribution < -0.4 is 0 Å². The zero-order valence-corrected chi connectivity index (χ0v) is 20.2. The second kappa shape index (κ2) is 9.31. The molecule has 5 heteroatoms. The van der Waals surface area contributed by atoms with Crippen molar-refractivity contribution in [1.82, 2.24) is 0 Å². The molecule has 3 N–H and O–H groups in total. The van der Waals surface area contributed by atoms with Crippen molar-refractivity contribution in [3.63, 3.8) is 0 Å². The van der Waals surface area contributed by atoms with Gasteiger partial charge in [-0.2, -0.15) is 0 Å². The van der Waals surface area contributed by atoms with E-state index in [2.05, 4.69) is 26.5 Å². The molecule has 0 aliphatic heterocycles. The third-order valence-electron chi connectivity index (χ3n) is 8.80. The lowest BCUT2D eigenvalue weighted by Gasteiger charge is -2.44.